The van der Waals surface area contributed by atoms with Crippen molar-refractivity contribution in [2.24, 2.45) is 11.5 Å². The van der Waals surface area contributed by atoms with Crippen molar-refractivity contribution in [2.75, 3.05) is 18.0 Å². The lowest BCUT2D eigenvalue weighted by atomic mass is 10.2. The van der Waals surface area contributed by atoms with E-state index >= 15 is 0 Å². The fourth-order valence-corrected chi connectivity index (χ4v) is 1.97. The van der Waals surface area contributed by atoms with Crippen LogP contribution in [0.25, 0.3) is 0 Å². The second-order valence-corrected chi connectivity index (χ2v) is 4.51. The predicted molar refractivity (Wildman–Crippen MR) is 79.8 cm³/mol. The van der Waals surface area contributed by atoms with Crippen molar-refractivity contribution in [2.45, 2.75) is 6.42 Å². The summed E-state index contributed by atoms with van der Waals surface area (Å²) in [7, 11) is 0. The topological polar surface area (TPSA) is 85.2 Å². The number of benzene rings is 1. The van der Waals surface area contributed by atoms with Gasteiger partial charge in [0.15, 0.2) is 0 Å². The van der Waals surface area contributed by atoms with Gasteiger partial charge < -0.3 is 16.4 Å². The summed E-state index contributed by atoms with van der Waals surface area (Å²) < 4.78 is 14.0. The minimum atomic E-state index is -0.548. The Balaban J connectivity index is 2.36. The first-order chi connectivity index (χ1) is 10.1. The summed E-state index contributed by atoms with van der Waals surface area (Å²) in [6.07, 6.45) is 2.07. The van der Waals surface area contributed by atoms with E-state index in [1.54, 1.807) is 35.2 Å². The van der Waals surface area contributed by atoms with Crippen LogP contribution in [0.3, 0.4) is 0 Å². The zero-order valence-corrected chi connectivity index (χ0v) is 11.5. The molecular weight excluding hydrogens is 271 g/mol. The minimum absolute atomic E-state index is 0.311. The molecule has 0 spiro atoms. The van der Waals surface area contributed by atoms with Crippen molar-refractivity contribution >= 4 is 17.4 Å². The number of pyridine rings is 1. The summed E-state index contributed by atoms with van der Waals surface area (Å²) in [5.74, 6) is -0.345. The van der Waals surface area contributed by atoms with E-state index in [0.29, 0.717) is 36.6 Å². The quantitative estimate of drug-likeness (QED) is 0.849. The Morgan fingerprint density at radius 2 is 2.00 bits per heavy atom. The van der Waals surface area contributed by atoms with Crippen LogP contribution in [-0.2, 0) is 0 Å². The van der Waals surface area contributed by atoms with Crippen molar-refractivity contribution in [3.8, 4) is 0 Å². The summed E-state index contributed by atoms with van der Waals surface area (Å²) in [6, 6.07) is 9.66. The molecule has 6 heteroatoms. The van der Waals surface area contributed by atoms with Gasteiger partial charge in [-0.3, -0.25) is 4.79 Å². The molecule has 0 unspecified atom stereocenters. The molecule has 110 valence electrons. The first kappa shape index (κ1) is 14.9. The SMILES string of the molecule is NCCCN(c1ccc(C(N)=O)cn1)c1ccccc1F. The molecule has 5 nitrogen and oxygen atoms in total. The number of amides is 1. The smallest absolute Gasteiger partial charge is 0.250 e. The molecule has 1 aromatic heterocycles. The number of aromatic nitrogens is 1. The molecular formula is C15H17FN4O. The van der Waals surface area contributed by atoms with E-state index < -0.39 is 5.91 Å². The highest BCUT2D eigenvalue weighted by atomic mass is 19.1. The molecule has 0 fully saturated rings. The van der Waals surface area contributed by atoms with Crippen molar-refractivity contribution < 1.29 is 9.18 Å². The van der Waals surface area contributed by atoms with Gasteiger partial charge in [0, 0.05) is 12.7 Å². The molecule has 0 saturated carbocycles. The Hall–Kier alpha value is -2.47. The third-order valence-electron chi connectivity index (χ3n) is 3.04. The summed E-state index contributed by atoms with van der Waals surface area (Å²) >= 11 is 0. The van der Waals surface area contributed by atoms with E-state index in [1.807, 2.05) is 0 Å². The van der Waals surface area contributed by atoms with Gasteiger partial charge in [0.1, 0.15) is 11.6 Å². The van der Waals surface area contributed by atoms with E-state index in [4.69, 9.17) is 11.5 Å². The first-order valence-corrected chi connectivity index (χ1v) is 6.61. The van der Waals surface area contributed by atoms with Crippen LogP contribution in [0.5, 0.6) is 0 Å². The summed E-state index contributed by atoms with van der Waals surface area (Å²) in [5.41, 5.74) is 11.5. The van der Waals surface area contributed by atoms with Gasteiger partial charge >= 0.3 is 0 Å². The van der Waals surface area contributed by atoms with Gasteiger partial charge in [-0.1, -0.05) is 12.1 Å². The van der Waals surface area contributed by atoms with Gasteiger partial charge in [-0.15, -0.1) is 0 Å². The summed E-state index contributed by atoms with van der Waals surface area (Å²) in [4.78, 5) is 17.0. The number of anilines is 2. The maximum atomic E-state index is 14.0. The number of nitrogens with two attached hydrogens (primary N) is 2. The standard InChI is InChI=1S/C15H17FN4O/c16-12-4-1-2-5-13(12)20(9-3-8-17)14-7-6-11(10-19-14)15(18)21/h1-2,4-7,10H,3,8-9,17H2,(H2,18,21). The van der Waals surface area contributed by atoms with Crippen molar-refractivity contribution in [3.63, 3.8) is 0 Å². The molecule has 1 amide bonds. The van der Waals surface area contributed by atoms with Crippen molar-refractivity contribution in [1.82, 2.24) is 4.98 Å². The second-order valence-electron chi connectivity index (χ2n) is 4.51. The maximum absolute atomic E-state index is 14.0. The molecule has 1 heterocycles. The molecule has 0 saturated heterocycles. The molecule has 0 aliphatic carbocycles. The number of hydrogen-bond donors (Lipinski definition) is 2. The molecule has 0 bridgehead atoms. The van der Waals surface area contributed by atoms with E-state index in [0.717, 1.165) is 0 Å². The van der Waals surface area contributed by atoms with Gasteiger partial charge in [-0.2, -0.15) is 0 Å². The van der Waals surface area contributed by atoms with Crippen LogP contribution in [0.2, 0.25) is 0 Å². The number of carbonyl (C=O) groups excluding carboxylic acids is 1. The van der Waals surface area contributed by atoms with E-state index in [1.165, 1.54) is 12.3 Å². The normalized spacial score (nSPS) is 10.4. The molecule has 4 N–H and O–H groups in total. The number of rotatable bonds is 6. The van der Waals surface area contributed by atoms with E-state index in [2.05, 4.69) is 4.98 Å². The summed E-state index contributed by atoms with van der Waals surface area (Å²) in [5, 5.41) is 0. The molecule has 21 heavy (non-hydrogen) atoms. The third kappa shape index (κ3) is 3.55. The maximum Gasteiger partial charge on any atom is 0.250 e. The Morgan fingerprint density at radius 1 is 1.24 bits per heavy atom. The number of halogens is 1. The summed E-state index contributed by atoms with van der Waals surface area (Å²) in [6.45, 7) is 1.02. The highest BCUT2D eigenvalue weighted by molar-refractivity contribution is 5.92. The number of hydrogen-bond acceptors (Lipinski definition) is 4. The highest BCUT2D eigenvalue weighted by Crippen LogP contribution is 2.26. The Labute approximate surface area is 122 Å². The molecule has 2 rings (SSSR count). The zero-order chi connectivity index (χ0) is 15.2. The molecule has 0 radical (unpaired) electrons. The van der Waals surface area contributed by atoms with Gasteiger partial charge in [0.05, 0.1) is 11.3 Å². The second kappa shape index (κ2) is 6.81. The van der Waals surface area contributed by atoms with Gasteiger partial charge in [-0.25, -0.2) is 9.37 Å². The molecule has 0 aliphatic heterocycles. The van der Waals surface area contributed by atoms with E-state index in [9.17, 15) is 9.18 Å². The molecule has 1 aromatic carbocycles. The van der Waals surface area contributed by atoms with Gasteiger partial charge in [0.2, 0.25) is 5.91 Å². The average molecular weight is 288 g/mol. The third-order valence-corrected chi connectivity index (χ3v) is 3.04. The van der Waals surface area contributed by atoms with Crippen LogP contribution in [0, 0.1) is 5.82 Å². The Kier molecular flexibility index (Phi) is 4.84. The van der Waals surface area contributed by atoms with Crippen LogP contribution in [0.1, 0.15) is 16.8 Å². The number of para-hydroxylation sites is 1. The molecule has 2 aromatic rings. The van der Waals surface area contributed by atoms with Crippen LogP contribution in [0.15, 0.2) is 42.6 Å². The largest absolute Gasteiger partial charge is 0.366 e. The predicted octanol–water partition coefficient (Wildman–Crippen LogP) is 1.81. The number of carbonyl (C=O) groups is 1. The molecule has 0 aliphatic rings. The van der Waals surface area contributed by atoms with Gasteiger partial charge in [-0.05, 0) is 37.2 Å². The van der Waals surface area contributed by atoms with Crippen molar-refractivity contribution in [3.05, 3.63) is 54.0 Å². The number of nitrogens with zero attached hydrogens (tertiary/aromatic N) is 2. The van der Waals surface area contributed by atoms with Crippen LogP contribution >= 0.6 is 0 Å². The fourth-order valence-electron chi connectivity index (χ4n) is 1.97. The van der Waals surface area contributed by atoms with Gasteiger partial charge in [0.25, 0.3) is 0 Å². The Bertz CT molecular complexity index is 615. The minimum Gasteiger partial charge on any atom is -0.366 e. The monoisotopic (exact) mass is 288 g/mol. The molecule has 0 atom stereocenters. The lowest BCUT2D eigenvalue weighted by Crippen LogP contribution is -2.23. The van der Waals surface area contributed by atoms with E-state index in [-0.39, 0.29) is 5.82 Å². The van der Waals surface area contributed by atoms with Crippen LogP contribution in [-0.4, -0.2) is 24.0 Å². The lowest BCUT2D eigenvalue weighted by Gasteiger charge is -2.24. The average Bonchev–Trinajstić information content (AvgIpc) is 2.50. The van der Waals surface area contributed by atoms with Crippen molar-refractivity contribution in [1.29, 1.82) is 0 Å². The Morgan fingerprint density at radius 3 is 2.57 bits per heavy atom. The number of primary amides is 1. The van der Waals surface area contributed by atoms with Crippen LogP contribution in [0.4, 0.5) is 15.9 Å². The lowest BCUT2D eigenvalue weighted by molar-refractivity contribution is 0.1000. The fraction of sp³-hybridized carbons (Fsp3) is 0.200. The highest BCUT2D eigenvalue weighted by Gasteiger charge is 2.14. The first-order valence-electron chi connectivity index (χ1n) is 6.61. The van der Waals surface area contributed by atoms with Crippen LogP contribution < -0.4 is 16.4 Å². The zero-order valence-electron chi connectivity index (χ0n) is 11.5.